The smallest absolute Gasteiger partial charge is 0.267 e. The summed E-state index contributed by atoms with van der Waals surface area (Å²) in [5.74, 6) is 0.430. The lowest BCUT2D eigenvalue weighted by Gasteiger charge is -2.06. The fraction of sp³-hybridized carbons (Fsp3) is 0.167. The molecule has 17 heavy (non-hydrogen) atoms. The zero-order valence-electron chi connectivity index (χ0n) is 9.26. The highest BCUT2D eigenvalue weighted by Crippen LogP contribution is 2.12. The van der Waals surface area contributed by atoms with E-state index in [0.29, 0.717) is 12.4 Å². The molecule has 1 aromatic carbocycles. The normalized spacial score (nSPS) is 10.2. The lowest BCUT2D eigenvalue weighted by atomic mass is 10.2. The van der Waals surface area contributed by atoms with E-state index in [1.54, 1.807) is 6.07 Å². The van der Waals surface area contributed by atoms with Gasteiger partial charge in [0.2, 0.25) is 5.88 Å². The Labute approximate surface area is 107 Å². The summed E-state index contributed by atoms with van der Waals surface area (Å²) in [6.45, 7) is 0.426. The maximum absolute atomic E-state index is 11.6. The van der Waals surface area contributed by atoms with Gasteiger partial charge in [0, 0.05) is 16.6 Å². The Bertz CT molecular complexity index is 581. The molecule has 0 unspecified atom stereocenters. The van der Waals surface area contributed by atoms with Crippen LogP contribution in [0.15, 0.2) is 45.7 Å². The third-order valence-corrected chi connectivity index (χ3v) is 2.77. The topological polar surface area (TPSA) is 44.1 Å². The third kappa shape index (κ3) is 2.94. The zero-order valence-corrected chi connectivity index (χ0v) is 10.8. The molecular formula is C12H11BrN2O2. The SMILES string of the molecule is COc1ccc(=O)n(Cc2cccc(Br)c2)n1. The highest BCUT2D eigenvalue weighted by molar-refractivity contribution is 9.10. The number of aromatic nitrogens is 2. The molecule has 4 nitrogen and oxygen atoms in total. The highest BCUT2D eigenvalue weighted by atomic mass is 79.9. The van der Waals surface area contributed by atoms with Crippen molar-refractivity contribution in [3.63, 3.8) is 0 Å². The van der Waals surface area contributed by atoms with Crippen LogP contribution in [0.2, 0.25) is 0 Å². The van der Waals surface area contributed by atoms with Crippen LogP contribution in [0.1, 0.15) is 5.56 Å². The first-order valence-corrected chi connectivity index (χ1v) is 5.85. The Balaban J connectivity index is 2.32. The van der Waals surface area contributed by atoms with E-state index >= 15 is 0 Å². The summed E-state index contributed by atoms with van der Waals surface area (Å²) in [6, 6.07) is 10.8. The van der Waals surface area contributed by atoms with Gasteiger partial charge in [0.05, 0.1) is 13.7 Å². The van der Waals surface area contributed by atoms with Crippen molar-refractivity contribution in [3.05, 3.63) is 56.8 Å². The van der Waals surface area contributed by atoms with Gasteiger partial charge in [0.15, 0.2) is 0 Å². The first-order chi connectivity index (χ1) is 8.19. The minimum atomic E-state index is -0.147. The zero-order chi connectivity index (χ0) is 12.3. The van der Waals surface area contributed by atoms with E-state index in [1.165, 1.54) is 17.9 Å². The Morgan fingerprint density at radius 2 is 2.18 bits per heavy atom. The Hall–Kier alpha value is -1.62. The van der Waals surface area contributed by atoms with Crippen molar-refractivity contribution in [3.8, 4) is 5.88 Å². The Kier molecular flexibility index (Phi) is 3.58. The van der Waals surface area contributed by atoms with Crippen LogP contribution in [-0.4, -0.2) is 16.9 Å². The molecule has 1 aromatic heterocycles. The third-order valence-electron chi connectivity index (χ3n) is 2.27. The second kappa shape index (κ2) is 5.14. The van der Waals surface area contributed by atoms with E-state index in [4.69, 9.17) is 4.74 Å². The molecule has 88 valence electrons. The number of benzene rings is 1. The molecule has 0 N–H and O–H groups in total. The Morgan fingerprint density at radius 3 is 2.88 bits per heavy atom. The van der Waals surface area contributed by atoms with Crippen molar-refractivity contribution >= 4 is 15.9 Å². The molecule has 1 heterocycles. The summed E-state index contributed by atoms with van der Waals surface area (Å²) in [6.07, 6.45) is 0. The molecule has 5 heteroatoms. The molecule has 0 saturated heterocycles. The number of halogens is 1. The van der Waals surface area contributed by atoms with Crippen LogP contribution in [0.3, 0.4) is 0 Å². The van der Waals surface area contributed by atoms with Crippen LogP contribution in [0.4, 0.5) is 0 Å². The maximum atomic E-state index is 11.6. The Morgan fingerprint density at radius 1 is 1.35 bits per heavy atom. The second-order valence-corrected chi connectivity index (χ2v) is 4.42. The first kappa shape index (κ1) is 11.9. The van der Waals surface area contributed by atoms with Gasteiger partial charge < -0.3 is 4.74 Å². The van der Waals surface area contributed by atoms with Gasteiger partial charge in [-0.15, -0.1) is 5.10 Å². The van der Waals surface area contributed by atoms with E-state index < -0.39 is 0 Å². The molecule has 0 spiro atoms. The van der Waals surface area contributed by atoms with Gasteiger partial charge in [-0.05, 0) is 17.7 Å². The number of nitrogens with zero attached hydrogens (tertiary/aromatic N) is 2. The van der Waals surface area contributed by atoms with E-state index in [1.807, 2.05) is 24.3 Å². The fourth-order valence-corrected chi connectivity index (χ4v) is 1.91. The van der Waals surface area contributed by atoms with Crippen molar-refractivity contribution in [2.45, 2.75) is 6.54 Å². The largest absolute Gasteiger partial charge is 0.480 e. The van der Waals surface area contributed by atoms with Crippen molar-refractivity contribution < 1.29 is 4.74 Å². The molecule has 0 fully saturated rings. The van der Waals surface area contributed by atoms with E-state index in [9.17, 15) is 4.79 Å². The number of ether oxygens (including phenoxy) is 1. The minimum absolute atomic E-state index is 0.147. The second-order valence-electron chi connectivity index (χ2n) is 3.50. The molecule has 0 aliphatic carbocycles. The van der Waals surface area contributed by atoms with Crippen LogP contribution in [-0.2, 0) is 6.54 Å². The molecule has 2 rings (SSSR count). The number of rotatable bonds is 3. The van der Waals surface area contributed by atoms with E-state index in [2.05, 4.69) is 21.0 Å². The lowest BCUT2D eigenvalue weighted by Crippen LogP contribution is -2.22. The molecule has 2 aromatic rings. The molecule has 0 atom stereocenters. The molecule has 0 aliphatic rings. The van der Waals surface area contributed by atoms with E-state index in [0.717, 1.165) is 10.0 Å². The van der Waals surface area contributed by atoms with Crippen LogP contribution in [0.25, 0.3) is 0 Å². The van der Waals surface area contributed by atoms with Crippen molar-refractivity contribution in [2.75, 3.05) is 7.11 Å². The van der Waals surface area contributed by atoms with Gasteiger partial charge >= 0.3 is 0 Å². The van der Waals surface area contributed by atoms with Gasteiger partial charge in [-0.1, -0.05) is 28.1 Å². The van der Waals surface area contributed by atoms with Gasteiger partial charge in [0.1, 0.15) is 0 Å². The van der Waals surface area contributed by atoms with Crippen LogP contribution in [0.5, 0.6) is 5.88 Å². The molecule has 0 radical (unpaired) electrons. The highest BCUT2D eigenvalue weighted by Gasteiger charge is 2.02. The van der Waals surface area contributed by atoms with Gasteiger partial charge in [-0.2, -0.15) is 0 Å². The predicted molar refractivity (Wildman–Crippen MR) is 68.3 cm³/mol. The monoisotopic (exact) mass is 294 g/mol. The average molecular weight is 295 g/mol. The summed E-state index contributed by atoms with van der Waals surface area (Å²) >= 11 is 3.39. The van der Waals surface area contributed by atoms with Crippen molar-refractivity contribution in [1.82, 2.24) is 9.78 Å². The van der Waals surface area contributed by atoms with E-state index in [-0.39, 0.29) is 5.56 Å². The van der Waals surface area contributed by atoms with Crippen LogP contribution in [0, 0.1) is 0 Å². The summed E-state index contributed by atoms with van der Waals surface area (Å²) < 4.78 is 7.34. The summed E-state index contributed by atoms with van der Waals surface area (Å²) in [5, 5.41) is 4.08. The predicted octanol–water partition coefficient (Wildman–Crippen LogP) is 2.06. The maximum Gasteiger partial charge on any atom is 0.267 e. The first-order valence-electron chi connectivity index (χ1n) is 5.05. The number of hydrogen-bond acceptors (Lipinski definition) is 3. The van der Waals surface area contributed by atoms with Gasteiger partial charge in [-0.3, -0.25) is 4.79 Å². The van der Waals surface area contributed by atoms with Crippen molar-refractivity contribution in [1.29, 1.82) is 0 Å². The molecule has 0 saturated carbocycles. The quantitative estimate of drug-likeness (QED) is 0.870. The van der Waals surface area contributed by atoms with Crippen LogP contribution < -0.4 is 10.3 Å². The minimum Gasteiger partial charge on any atom is -0.480 e. The van der Waals surface area contributed by atoms with Gasteiger partial charge in [0.25, 0.3) is 5.56 Å². The fourth-order valence-electron chi connectivity index (χ4n) is 1.46. The molecular weight excluding hydrogens is 284 g/mol. The average Bonchev–Trinajstić information content (AvgIpc) is 2.32. The molecule has 0 aliphatic heterocycles. The summed E-state index contributed by atoms with van der Waals surface area (Å²) in [4.78, 5) is 11.6. The van der Waals surface area contributed by atoms with Crippen LogP contribution >= 0.6 is 15.9 Å². The van der Waals surface area contributed by atoms with Gasteiger partial charge in [-0.25, -0.2) is 4.68 Å². The van der Waals surface area contributed by atoms with Crippen molar-refractivity contribution in [2.24, 2.45) is 0 Å². The molecule has 0 amide bonds. The summed E-state index contributed by atoms with van der Waals surface area (Å²) in [7, 11) is 1.52. The number of methoxy groups -OCH3 is 1. The molecule has 0 bridgehead atoms. The lowest BCUT2D eigenvalue weighted by molar-refractivity contribution is 0.379. The summed E-state index contributed by atoms with van der Waals surface area (Å²) in [5.41, 5.74) is 0.855. The standard InChI is InChI=1S/C12H11BrN2O2/c1-17-11-5-6-12(16)15(14-11)8-9-3-2-4-10(13)7-9/h2-7H,8H2,1H3. The number of hydrogen-bond donors (Lipinski definition) is 0.